The van der Waals surface area contributed by atoms with E-state index in [4.69, 9.17) is 0 Å². The van der Waals surface area contributed by atoms with Crippen molar-refractivity contribution in [2.75, 3.05) is 0 Å². The standard InChI is InChI=1S/C17H20O3/c1-10-4-6-13(7-5-10)16(18)14-8-11(2)12(3)9-15(14)17(19)20/h4-7,14-15H,8-9H2,1-3H3,(H,19,20)/p-1/t14-,15+/m0/s1. The Labute approximate surface area is 119 Å². The summed E-state index contributed by atoms with van der Waals surface area (Å²) in [6, 6.07) is 7.28. The Morgan fingerprint density at radius 3 is 1.95 bits per heavy atom. The number of carboxylic acids is 1. The summed E-state index contributed by atoms with van der Waals surface area (Å²) in [5.74, 6) is -2.44. The molecule has 0 amide bonds. The minimum atomic E-state index is -1.12. The number of allylic oxidation sites excluding steroid dienone is 2. The molecule has 0 saturated heterocycles. The minimum absolute atomic E-state index is 0.0916. The number of benzene rings is 1. The third kappa shape index (κ3) is 2.82. The Morgan fingerprint density at radius 1 is 0.950 bits per heavy atom. The van der Waals surface area contributed by atoms with E-state index in [1.165, 1.54) is 0 Å². The van der Waals surface area contributed by atoms with Gasteiger partial charge >= 0.3 is 0 Å². The summed E-state index contributed by atoms with van der Waals surface area (Å²) in [6.45, 7) is 5.85. The van der Waals surface area contributed by atoms with E-state index in [1.54, 1.807) is 12.1 Å². The molecule has 1 aromatic carbocycles. The Balaban J connectivity index is 2.31. The molecule has 0 aromatic heterocycles. The van der Waals surface area contributed by atoms with E-state index < -0.39 is 17.8 Å². The van der Waals surface area contributed by atoms with Crippen LogP contribution in [0.1, 0.15) is 42.6 Å². The number of aryl methyl sites for hydroxylation is 1. The number of aliphatic carboxylic acids is 1. The van der Waals surface area contributed by atoms with Gasteiger partial charge in [0.2, 0.25) is 0 Å². The second-order valence-electron chi connectivity index (χ2n) is 5.73. The zero-order chi connectivity index (χ0) is 14.9. The van der Waals surface area contributed by atoms with Crippen LogP contribution in [0.3, 0.4) is 0 Å². The van der Waals surface area contributed by atoms with Gasteiger partial charge in [0.05, 0.1) is 0 Å². The van der Waals surface area contributed by atoms with Crippen molar-refractivity contribution in [3.63, 3.8) is 0 Å². The Bertz CT molecular complexity index is 566. The first-order valence-electron chi connectivity index (χ1n) is 6.87. The van der Waals surface area contributed by atoms with Crippen molar-refractivity contribution in [1.82, 2.24) is 0 Å². The number of carboxylic acid groups (broad SMARTS) is 1. The summed E-state index contributed by atoms with van der Waals surface area (Å²) in [4.78, 5) is 23.9. The van der Waals surface area contributed by atoms with Gasteiger partial charge in [0.15, 0.2) is 5.78 Å². The lowest BCUT2D eigenvalue weighted by Gasteiger charge is -2.32. The van der Waals surface area contributed by atoms with E-state index in [0.29, 0.717) is 18.4 Å². The van der Waals surface area contributed by atoms with Gasteiger partial charge in [-0.3, -0.25) is 4.79 Å². The molecule has 0 N–H and O–H groups in total. The van der Waals surface area contributed by atoms with Crippen LogP contribution in [0.25, 0.3) is 0 Å². The van der Waals surface area contributed by atoms with Gasteiger partial charge in [-0.15, -0.1) is 0 Å². The monoisotopic (exact) mass is 271 g/mol. The van der Waals surface area contributed by atoms with Gasteiger partial charge in [-0.1, -0.05) is 41.0 Å². The quantitative estimate of drug-likeness (QED) is 0.626. The number of carbonyl (C=O) groups excluding carboxylic acids is 2. The van der Waals surface area contributed by atoms with Gasteiger partial charge in [0, 0.05) is 23.4 Å². The fourth-order valence-corrected chi connectivity index (χ4v) is 2.75. The summed E-state index contributed by atoms with van der Waals surface area (Å²) in [6.07, 6.45) is 0.924. The van der Waals surface area contributed by atoms with E-state index in [2.05, 4.69) is 0 Å². The molecule has 0 spiro atoms. The Morgan fingerprint density at radius 2 is 1.45 bits per heavy atom. The third-order valence-corrected chi connectivity index (χ3v) is 4.24. The van der Waals surface area contributed by atoms with Crippen LogP contribution in [0.15, 0.2) is 35.4 Å². The second-order valence-corrected chi connectivity index (χ2v) is 5.73. The normalized spacial score (nSPS) is 22.8. The van der Waals surface area contributed by atoms with E-state index in [1.807, 2.05) is 32.9 Å². The Kier molecular flexibility index (Phi) is 4.07. The zero-order valence-electron chi connectivity index (χ0n) is 12.1. The maximum atomic E-state index is 12.6. The maximum Gasteiger partial charge on any atom is 0.166 e. The van der Waals surface area contributed by atoms with Gasteiger partial charge in [0.25, 0.3) is 0 Å². The van der Waals surface area contributed by atoms with Crippen LogP contribution in [0.4, 0.5) is 0 Å². The highest BCUT2D eigenvalue weighted by molar-refractivity contribution is 6.00. The smallest absolute Gasteiger partial charge is 0.166 e. The van der Waals surface area contributed by atoms with Crippen LogP contribution in [0, 0.1) is 18.8 Å². The summed E-state index contributed by atoms with van der Waals surface area (Å²) in [5.41, 5.74) is 3.84. The van der Waals surface area contributed by atoms with E-state index in [9.17, 15) is 14.7 Å². The molecule has 0 radical (unpaired) electrons. The Hall–Kier alpha value is -1.90. The van der Waals surface area contributed by atoms with Gasteiger partial charge in [0.1, 0.15) is 0 Å². The lowest BCUT2D eigenvalue weighted by Crippen LogP contribution is -2.41. The molecular formula is C17H19O3-. The molecule has 1 aliphatic carbocycles. The highest BCUT2D eigenvalue weighted by Crippen LogP contribution is 2.35. The molecule has 2 rings (SSSR count). The lowest BCUT2D eigenvalue weighted by atomic mass is 9.73. The fraction of sp³-hybridized carbons (Fsp3) is 0.412. The van der Waals surface area contributed by atoms with E-state index in [-0.39, 0.29) is 5.78 Å². The number of carbonyl (C=O) groups is 2. The average Bonchev–Trinajstić information content (AvgIpc) is 2.41. The maximum absolute atomic E-state index is 12.6. The van der Waals surface area contributed by atoms with Crippen molar-refractivity contribution in [2.45, 2.75) is 33.6 Å². The molecule has 106 valence electrons. The van der Waals surface area contributed by atoms with Gasteiger partial charge in [-0.05, 0) is 33.6 Å². The number of Topliss-reactive ketones (excluding diaryl/α,β-unsaturated/α-hetero) is 1. The van der Waals surface area contributed by atoms with Crippen LogP contribution in [0.2, 0.25) is 0 Å². The highest BCUT2D eigenvalue weighted by Gasteiger charge is 2.33. The first-order valence-corrected chi connectivity index (χ1v) is 6.87. The lowest BCUT2D eigenvalue weighted by molar-refractivity contribution is -0.313. The summed E-state index contributed by atoms with van der Waals surface area (Å²) < 4.78 is 0. The second kappa shape index (κ2) is 5.61. The molecule has 1 aromatic rings. The summed E-state index contributed by atoms with van der Waals surface area (Å²) in [7, 11) is 0. The molecule has 0 bridgehead atoms. The van der Waals surface area contributed by atoms with Crippen LogP contribution < -0.4 is 5.11 Å². The van der Waals surface area contributed by atoms with Crippen LogP contribution in [-0.2, 0) is 4.79 Å². The van der Waals surface area contributed by atoms with Gasteiger partial charge in [-0.25, -0.2) is 0 Å². The first-order chi connectivity index (χ1) is 9.40. The largest absolute Gasteiger partial charge is 0.550 e. The van der Waals surface area contributed by atoms with Crippen molar-refractivity contribution in [3.8, 4) is 0 Å². The molecule has 0 fully saturated rings. The third-order valence-electron chi connectivity index (χ3n) is 4.24. The molecular weight excluding hydrogens is 252 g/mol. The van der Waals surface area contributed by atoms with E-state index >= 15 is 0 Å². The highest BCUT2D eigenvalue weighted by atomic mass is 16.4. The van der Waals surface area contributed by atoms with E-state index in [0.717, 1.165) is 16.7 Å². The molecule has 3 nitrogen and oxygen atoms in total. The molecule has 1 aliphatic rings. The number of rotatable bonds is 3. The molecule has 3 heteroatoms. The zero-order valence-corrected chi connectivity index (χ0v) is 12.1. The molecule has 20 heavy (non-hydrogen) atoms. The van der Waals surface area contributed by atoms with Crippen LogP contribution >= 0.6 is 0 Å². The number of hydrogen-bond acceptors (Lipinski definition) is 3. The molecule has 0 saturated carbocycles. The van der Waals surface area contributed by atoms with Crippen LogP contribution in [-0.4, -0.2) is 11.8 Å². The molecule has 0 heterocycles. The predicted molar refractivity (Wildman–Crippen MR) is 75.1 cm³/mol. The number of ketones is 1. The van der Waals surface area contributed by atoms with Gasteiger partial charge < -0.3 is 9.90 Å². The average molecular weight is 271 g/mol. The van der Waals surface area contributed by atoms with Crippen molar-refractivity contribution in [1.29, 1.82) is 0 Å². The molecule has 0 unspecified atom stereocenters. The van der Waals surface area contributed by atoms with Gasteiger partial charge in [-0.2, -0.15) is 0 Å². The van der Waals surface area contributed by atoms with Crippen molar-refractivity contribution in [3.05, 3.63) is 46.5 Å². The van der Waals surface area contributed by atoms with Crippen molar-refractivity contribution in [2.24, 2.45) is 11.8 Å². The summed E-state index contributed by atoms with van der Waals surface area (Å²) >= 11 is 0. The molecule has 0 aliphatic heterocycles. The molecule has 2 atom stereocenters. The van der Waals surface area contributed by atoms with Crippen molar-refractivity contribution >= 4 is 11.8 Å². The minimum Gasteiger partial charge on any atom is -0.550 e. The van der Waals surface area contributed by atoms with Crippen LogP contribution in [0.5, 0.6) is 0 Å². The number of hydrogen-bond donors (Lipinski definition) is 0. The fourth-order valence-electron chi connectivity index (χ4n) is 2.75. The SMILES string of the molecule is CC1=C(C)C[C@@H](C(=O)[O-])[C@@H](C(=O)c2ccc(C)cc2)C1. The summed E-state index contributed by atoms with van der Waals surface area (Å²) in [5, 5.41) is 11.3. The topological polar surface area (TPSA) is 57.2 Å². The van der Waals surface area contributed by atoms with Crippen molar-refractivity contribution < 1.29 is 14.7 Å². The first kappa shape index (κ1) is 14.5. The predicted octanol–water partition coefficient (Wildman–Crippen LogP) is 2.29.